The second-order valence-electron chi connectivity index (χ2n) is 4.69. The Kier molecular flexibility index (Phi) is 4.23. The van der Waals surface area contributed by atoms with Crippen LogP contribution >= 0.6 is 0 Å². The van der Waals surface area contributed by atoms with Crippen LogP contribution in [0.4, 0.5) is 0 Å². The van der Waals surface area contributed by atoms with Crippen molar-refractivity contribution in [3.8, 4) is 0 Å². The normalized spacial score (nSPS) is 11.7. The van der Waals surface area contributed by atoms with Gasteiger partial charge in [-0.15, -0.1) is 0 Å². The van der Waals surface area contributed by atoms with Gasteiger partial charge in [-0.1, -0.05) is 30.4 Å². The van der Waals surface area contributed by atoms with Gasteiger partial charge in [0.25, 0.3) is 0 Å². The number of benzene rings is 1. The minimum absolute atomic E-state index is 0.475. The lowest BCUT2D eigenvalue weighted by Crippen LogP contribution is -2.33. The zero-order valence-electron chi connectivity index (χ0n) is 11.2. The average Bonchev–Trinajstić information content (AvgIpc) is 2.80. The van der Waals surface area contributed by atoms with E-state index in [0.717, 1.165) is 18.5 Å². The van der Waals surface area contributed by atoms with E-state index in [1.165, 1.54) is 16.5 Å². The molecule has 2 aromatic rings. The molecule has 0 atom stereocenters. The lowest BCUT2D eigenvalue weighted by Gasteiger charge is -2.05. The Morgan fingerprint density at radius 1 is 1.42 bits per heavy atom. The van der Waals surface area contributed by atoms with Crippen molar-refractivity contribution >= 4 is 16.9 Å². The summed E-state index contributed by atoms with van der Waals surface area (Å²) in [7, 11) is 0. The molecule has 0 saturated carbocycles. The number of rotatable bonds is 5. The molecule has 0 aliphatic rings. The summed E-state index contributed by atoms with van der Waals surface area (Å²) in [5, 5.41) is 4.38. The summed E-state index contributed by atoms with van der Waals surface area (Å²) in [6.07, 6.45) is 2.96. The number of aromatic amines is 1. The molecule has 100 valence electrons. The van der Waals surface area contributed by atoms with E-state index in [1.54, 1.807) is 0 Å². The molecule has 4 heteroatoms. The summed E-state index contributed by atoms with van der Waals surface area (Å²) in [6, 6.07) is 8.29. The fraction of sp³-hybridized carbons (Fsp3) is 0.267. The van der Waals surface area contributed by atoms with Crippen LogP contribution in [0.1, 0.15) is 12.5 Å². The van der Waals surface area contributed by atoms with Crippen molar-refractivity contribution < 1.29 is 0 Å². The molecule has 0 aliphatic carbocycles. The molecule has 4 nitrogen and oxygen atoms in total. The number of nitrogens with zero attached hydrogens (tertiary/aromatic N) is 1. The van der Waals surface area contributed by atoms with Gasteiger partial charge in [-0.25, -0.2) is 4.99 Å². The predicted octanol–water partition coefficient (Wildman–Crippen LogP) is 2.19. The Morgan fingerprint density at radius 2 is 2.21 bits per heavy atom. The second-order valence-corrected chi connectivity index (χ2v) is 4.69. The van der Waals surface area contributed by atoms with Crippen LogP contribution in [-0.2, 0) is 6.42 Å². The third-order valence-electron chi connectivity index (χ3n) is 2.89. The minimum Gasteiger partial charge on any atom is -0.370 e. The highest BCUT2D eigenvalue weighted by Gasteiger charge is 2.02. The summed E-state index contributed by atoms with van der Waals surface area (Å²) in [6.45, 7) is 7.07. The quantitative estimate of drug-likeness (QED) is 0.436. The maximum Gasteiger partial charge on any atom is 0.188 e. The Morgan fingerprint density at radius 3 is 3.00 bits per heavy atom. The number of aliphatic imine (C=N–C) groups is 1. The Bertz CT molecular complexity index is 595. The molecule has 2 rings (SSSR count). The van der Waals surface area contributed by atoms with Crippen molar-refractivity contribution in [2.45, 2.75) is 13.3 Å². The topological polar surface area (TPSA) is 66.2 Å². The Hall–Kier alpha value is -2.23. The molecule has 0 fully saturated rings. The second kappa shape index (κ2) is 6.09. The van der Waals surface area contributed by atoms with Crippen molar-refractivity contribution in [1.29, 1.82) is 0 Å². The summed E-state index contributed by atoms with van der Waals surface area (Å²) >= 11 is 0. The van der Waals surface area contributed by atoms with Gasteiger partial charge in [-0.3, -0.25) is 0 Å². The SMILES string of the molecule is C=C(C)CN=C(N)NCCc1c[nH]c2ccccc12. The first-order valence-corrected chi connectivity index (χ1v) is 6.40. The molecule has 0 amide bonds. The standard InChI is InChI=1S/C15H20N4/c1-11(2)9-19-15(16)17-8-7-12-10-18-14-6-4-3-5-13(12)14/h3-6,10,18H,1,7-9H2,2H3,(H3,16,17,19). The molecular formula is C15H20N4. The van der Waals surface area contributed by atoms with E-state index in [4.69, 9.17) is 5.73 Å². The number of fused-ring (bicyclic) bond motifs is 1. The van der Waals surface area contributed by atoms with Crippen LogP contribution in [0.5, 0.6) is 0 Å². The summed E-state index contributed by atoms with van der Waals surface area (Å²) in [4.78, 5) is 7.45. The number of H-pyrrole nitrogens is 1. The zero-order chi connectivity index (χ0) is 13.7. The van der Waals surface area contributed by atoms with Crippen LogP contribution in [0.25, 0.3) is 10.9 Å². The Labute approximate surface area is 113 Å². The lowest BCUT2D eigenvalue weighted by atomic mass is 10.1. The molecule has 1 aromatic carbocycles. The van der Waals surface area contributed by atoms with Crippen molar-refractivity contribution in [1.82, 2.24) is 10.3 Å². The van der Waals surface area contributed by atoms with Crippen LogP contribution in [0.2, 0.25) is 0 Å². The van der Waals surface area contributed by atoms with E-state index in [0.29, 0.717) is 12.5 Å². The first-order chi connectivity index (χ1) is 9.16. The van der Waals surface area contributed by atoms with Gasteiger partial charge in [-0.05, 0) is 25.0 Å². The number of hydrogen-bond acceptors (Lipinski definition) is 1. The third-order valence-corrected chi connectivity index (χ3v) is 2.89. The third kappa shape index (κ3) is 3.61. The lowest BCUT2D eigenvalue weighted by molar-refractivity contribution is 0.856. The molecule has 0 saturated heterocycles. The average molecular weight is 256 g/mol. The smallest absolute Gasteiger partial charge is 0.188 e. The summed E-state index contributed by atoms with van der Waals surface area (Å²) in [5.41, 5.74) is 9.22. The van der Waals surface area contributed by atoms with E-state index in [1.807, 2.05) is 19.2 Å². The zero-order valence-corrected chi connectivity index (χ0v) is 11.2. The van der Waals surface area contributed by atoms with Crippen LogP contribution in [0.15, 0.2) is 47.6 Å². The van der Waals surface area contributed by atoms with Gasteiger partial charge < -0.3 is 16.0 Å². The monoisotopic (exact) mass is 256 g/mol. The van der Waals surface area contributed by atoms with E-state index in [2.05, 4.69) is 40.1 Å². The highest BCUT2D eigenvalue weighted by Crippen LogP contribution is 2.17. The number of nitrogens with one attached hydrogen (secondary N) is 2. The van der Waals surface area contributed by atoms with Crippen LogP contribution in [0.3, 0.4) is 0 Å². The number of guanidine groups is 1. The molecule has 4 N–H and O–H groups in total. The predicted molar refractivity (Wildman–Crippen MR) is 81.3 cm³/mol. The van der Waals surface area contributed by atoms with Gasteiger partial charge in [0.1, 0.15) is 0 Å². The van der Waals surface area contributed by atoms with E-state index in [-0.39, 0.29) is 0 Å². The molecule has 0 radical (unpaired) electrons. The van der Waals surface area contributed by atoms with Gasteiger partial charge in [0.05, 0.1) is 6.54 Å². The van der Waals surface area contributed by atoms with Gasteiger partial charge in [0.2, 0.25) is 0 Å². The fourth-order valence-corrected chi connectivity index (χ4v) is 1.94. The summed E-state index contributed by atoms with van der Waals surface area (Å²) < 4.78 is 0. The first-order valence-electron chi connectivity index (χ1n) is 6.40. The molecular weight excluding hydrogens is 236 g/mol. The van der Waals surface area contributed by atoms with Crippen LogP contribution < -0.4 is 11.1 Å². The maximum atomic E-state index is 5.76. The number of nitrogens with two attached hydrogens (primary N) is 1. The van der Waals surface area contributed by atoms with Crippen molar-refractivity contribution in [3.05, 3.63) is 48.2 Å². The first kappa shape index (κ1) is 13.2. The summed E-state index contributed by atoms with van der Waals surface area (Å²) in [5.74, 6) is 0.475. The maximum absolute atomic E-state index is 5.76. The Balaban J connectivity index is 1.89. The van der Waals surface area contributed by atoms with E-state index < -0.39 is 0 Å². The highest BCUT2D eigenvalue weighted by atomic mass is 15.1. The van der Waals surface area contributed by atoms with Crippen molar-refractivity contribution in [2.24, 2.45) is 10.7 Å². The van der Waals surface area contributed by atoms with E-state index >= 15 is 0 Å². The van der Waals surface area contributed by atoms with Crippen molar-refractivity contribution in [2.75, 3.05) is 13.1 Å². The molecule has 0 aliphatic heterocycles. The molecule has 1 heterocycles. The number of hydrogen-bond donors (Lipinski definition) is 3. The molecule has 0 unspecified atom stereocenters. The minimum atomic E-state index is 0.475. The molecule has 0 spiro atoms. The molecule has 0 bridgehead atoms. The van der Waals surface area contributed by atoms with E-state index in [9.17, 15) is 0 Å². The largest absolute Gasteiger partial charge is 0.370 e. The molecule has 1 aromatic heterocycles. The highest BCUT2D eigenvalue weighted by molar-refractivity contribution is 5.83. The molecule has 19 heavy (non-hydrogen) atoms. The van der Waals surface area contributed by atoms with Gasteiger partial charge in [0.15, 0.2) is 5.96 Å². The van der Waals surface area contributed by atoms with Crippen LogP contribution in [-0.4, -0.2) is 24.0 Å². The van der Waals surface area contributed by atoms with Crippen molar-refractivity contribution in [3.63, 3.8) is 0 Å². The van der Waals surface area contributed by atoms with Crippen LogP contribution in [0, 0.1) is 0 Å². The van der Waals surface area contributed by atoms with Gasteiger partial charge >= 0.3 is 0 Å². The van der Waals surface area contributed by atoms with Gasteiger partial charge in [0, 0.05) is 23.6 Å². The fourth-order valence-electron chi connectivity index (χ4n) is 1.94. The number of aromatic nitrogens is 1. The van der Waals surface area contributed by atoms with Gasteiger partial charge in [-0.2, -0.15) is 0 Å². The number of para-hydroxylation sites is 1.